The molecule has 0 radical (unpaired) electrons. The van der Waals surface area contributed by atoms with Gasteiger partial charge in [0.25, 0.3) is 0 Å². The highest BCUT2D eigenvalue weighted by atomic mass is 16.1. The van der Waals surface area contributed by atoms with Crippen molar-refractivity contribution in [3.05, 3.63) is 0 Å². The minimum Gasteiger partial charge on any atom is -0.298 e. The van der Waals surface area contributed by atoms with Gasteiger partial charge in [0, 0.05) is 11.5 Å². The summed E-state index contributed by atoms with van der Waals surface area (Å²) in [7, 11) is 2.03. The van der Waals surface area contributed by atoms with Crippen LogP contribution in [0.2, 0.25) is 0 Å². The summed E-state index contributed by atoms with van der Waals surface area (Å²) in [4.78, 5) is 13.7. The zero-order chi connectivity index (χ0) is 11.5. The molecule has 0 aliphatic heterocycles. The summed E-state index contributed by atoms with van der Waals surface area (Å²) in [5.41, 5.74) is 0.0878. The van der Waals surface area contributed by atoms with Gasteiger partial charge in [-0.1, -0.05) is 27.7 Å². The molecule has 0 bridgehead atoms. The molecular formula is C12H25NO. The quantitative estimate of drug-likeness (QED) is 0.678. The van der Waals surface area contributed by atoms with Gasteiger partial charge in [-0.05, 0) is 26.8 Å². The van der Waals surface area contributed by atoms with E-state index in [2.05, 4.69) is 32.6 Å². The molecule has 0 aromatic rings. The molecule has 0 aromatic heterocycles. The lowest BCUT2D eigenvalue weighted by Crippen LogP contribution is -2.48. The number of hydrogen-bond acceptors (Lipinski definition) is 2. The van der Waals surface area contributed by atoms with E-state index in [-0.39, 0.29) is 11.5 Å². The number of carbonyl (C=O) groups is 1. The van der Waals surface area contributed by atoms with E-state index in [4.69, 9.17) is 0 Å². The SMILES string of the molecule is CC(C)C(=O)CN(C)C(C)(C)C(C)C. The second-order valence-corrected chi connectivity index (χ2v) is 5.29. The van der Waals surface area contributed by atoms with Crippen molar-refractivity contribution in [2.45, 2.75) is 47.1 Å². The van der Waals surface area contributed by atoms with Gasteiger partial charge in [-0.15, -0.1) is 0 Å². The second kappa shape index (κ2) is 4.92. The van der Waals surface area contributed by atoms with Crippen LogP contribution in [0.4, 0.5) is 0 Å². The molecular weight excluding hydrogens is 174 g/mol. The van der Waals surface area contributed by atoms with E-state index in [1.54, 1.807) is 0 Å². The van der Waals surface area contributed by atoms with Gasteiger partial charge in [-0.3, -0.25) is 9.69 Å². The first kappa shape index (κ1) is 13.6. The number of Topliss-reactive ketones (excluding diaryl/α,β-unsaturated/α-hetero) is 1. The van der Waals surface area contributed by atoms with Crippen LogP contribution in [0.25, 0.3) is 0 Å². The van der Waals surface area contributed by atoms with Gasteiger partial charge in [0.15, 0.2) is 0 Å². The monoisotopic (exact) mass is 199 g/mol. The third kappa shape index (κ3) is 3.41. The molecule has 0 aromatic carbocycles. The van der Waals surface area contributed by atoms with Gasteiger partial charge in [-0.2, -0.15) is 0 Å². The molecule has 2 heteroatoms. The standard InChI is InChI=1S/C12H25NO/c1-9(2)11(14)8-13(7)12(5,6)10(3)4/h9-10H,8H2,1-7H3. The Morgan fingerprint density at radius 1 is 1.21 bits per heavy atom. The summed E-state index contributed by atoms with van der Waals surface area (Å²) in [6.07, 6.45) is 0. The average molecular weight is 199 g/mol. The smallest absolute Gasteiger partial charge is 0.149 e. The van der Waals surface area contributed by atoms with Crippen LogP contribution in [-0.2, 0) is 4.79 Å². The lowest BCUT2D eigenvalue weighted by Gasteiger charge is -2.39. The number of hydrogen-bond donors (Lipinski definition) is 0. The van der Waals surface area contributed by atoms with E-state index >= 15 is 0 Å². The minimum absolute atomic E-state index is 0.0878. The molecule has 0 fully saturated rings. The molecule has 84 valence electrons. The maximum atomic E-state index is 11.6. The van der Waals surface area contributed by atoms with Gasteiger partial charge in [0.05, 0.1) is 6.54 Å². The predicted molar refractivity (Wildman–Crippen MR) is 61.4 cm³/mol. The first-order valence-electron chi connectivity index (χ1n) is 5.43. The zero-order valence-corrected chi connectivity index (χ0v) is 10.7. The van der Waals surface area contributed by atoms with E-state index in [0.29, 0.717) is 18.2 Å². The summed E-state index contributed by atoms with van der Waals surface area (Å²) < 4.78 is 0. The van der Waals surface area contributed by atoms with Crippen LogP contribution < -0.4 is 0 Å². The van der Waals surface area contributed by atoms with Crippen molar-refractivity contribution in [3.63, 3.8) is 0 Å². The highest BCUT2D eigenvalue weighted by Crippen LogP contribution is 2.22. The Bertz CT molecular complexity index is 194. The molecule has 0 heterocycles. The van der Waals surface area contributed by atoms with Crippen molar-refractivity contribution in [1.82, 2.24) is 4.90 Å². The molecule has 0 saturated heterocycles. The maximum Gasteiger partial charge on any atom is 0.149 e. The Balaban J connectivity index is 4.34. The summed E-state index contributed by atoms with van der Waals surface area (Å²) in [5, 5.41) is 0. The van der Waals surface area contributed by atoms with Crippen molar-refractivity contribution in [3.8, 4) is 0 Å². The van der Waals surface area contributed by atoms with Crippen molar-refractivity contribution in [2.75, 3.05) is 13.6 Å². The highest BCUT2D eigenvalue weighted by Gasteiger charge is 2.28. The largest absolute Gasteiger partial charge is 0.298 e. The Hall–Kier alpha value is -0.370. The summed E-state index contributed by atoms with van der Waals surface area (Å²) in [6, 6.07) is 0. The van der Waals surface area contributed by atoms with Crippen molar-refractivity contribution < 1.29 is 4.79 Å². The Morgan fingerprint density at radius 2 is 1.64 bits per heavy atom. The molecule has 0 rings (SSSR count). The normalized spacial score (nSPS) is 13.0. The fraction of sp³-hybridized carbons (Fsp3) is 0.917. The lowest BCUT2D eigenvalue weighted by atomic mass is 9.88. The van der Waals surface area contributed by atoms with E-state index < -0.39 is 0 Å². The Kier molecular flexibility index (Phi) is 4.79. The zero-order valence-electron chi connectivity index (χ0n) is 10.7. The molecule has 0 unspecified atom stereocenters. The number of nitrogens with zero attached hydrogens (tertiary/aromatic N) is 1. The van der Waals surface area contributed by atoms with Crippen LogP contribution in [0, 0.1) is 11.8 Å². The first-order chi connectivity index (χ1) is 6.19. The van der Waals surface area contributed by atoms with E-state index in [9.17, 15) is 4.79 Å². The van der Waals surface area contributed by atoms with Gasteiger partial charge in [0.2, 0.25) is 0 Å². The fourth-order valence-corrected chi connectivity index (χ4v) is 1.06. The molecule has 14 heavy (non-hydrogen) atoms. The molecule has 2 nitrogen and oxygen atoms in total. The maximum absolute atomic E-state index is 11.6. The topological polar surface area (TPSA) is 20.3 Å². The average Bonchev–Trinajstić information content (AvgIpc) is 2.03. The highest BCUT2D eigenvalue weighted by molar-refractivity contribution is 5.82. The van der Waals surface area contributed by atoms with E-state index in [1.807, 2.05) is 20.9 Å². The van der Waals surface area contributed by atoms with Crippen molar-refractivity contribution in [2.24, 2.45) is 11.8 Å². The van der Waals surface area contributed by atoms with E-state index in [0.717, 1.165) is 0 Å². The van der Waals surface area contributed by atoms with E-state index in [1.165, 1.54) is 0 Å². The third-order valence-electron chi connectivity index (χ3n) is 3.43. The molecule has 0 atom stereocenters. The number of carbonyl (C=O) groups excluding carboxylic acids is 1. The molecule has 0 N–H and O–H groups in total. The van der Waals surface area contributed by atoms with Gasteiger partial charge < -0.3 is 0 Å². The third-order valence-corrected chi connectivity index (χ3v) is 3.43. The summed E-state index contributed by atoms with van der Waals surface area (Å²) in [6.45, 7) is 13.2. The number of rotatable bonds is 5. The van der Waals surface area contributed by atoms with Crippen LogP contribution >= 0.6 is 0 Å². The molecule has 0 aliphatic carbocycles. The number of ketones is 1. The number of likely N-dealkylation sites (N-methyl/N-ethyl adjacent to an activating group) is 1. The molecule has 0 spiro atoms. The van der Waals surface area contributed by atoms with Crippen LogP contribution in [0.1, 0.15) is 41.5 Å². The predicted octanol–water partition coefficient (Wildman–Crippen LogP) is 2.58. The lowest BCUT2D eigenvalue weighted by molar-refractivity contribution is -0.124. The molecule has 0 aliphatic rings. The van der Waals surface area contributed by atoms with Crippen LogP contribution in [0.15, 0.2) is 0 Å². The Morgan fingerprint density at radius 3 is 1.93 bits per heavy atom. The van der Waals surface area contributed by atoms with Gasteiger partial charge >= 0.3 is 0 Å². The van der Waals surface area contributed by atoms with Crippen molar-refractivity contribution in [1.29, 1.82) is 0 Å². The summed E-state index contributed by atoms with van der Waals surface area (Å²) >= 11 is 0. The van der Waals surface area contributed by atoms with Gasteiger partial charge in [0.1, 0.15) is 5.78 Å². The molecule has 0 amide bonds. The van der Waals surface area contributed by atoms with Crippen LogP contribution in [-0.4, -0.2) is 29.8 Å². The minimum atomic E-state index is 0.0878. The van der Waals surface area contributed by atoms with Crippen LogP contribution in [0.5, 0.6) is 0 Å². The Labute approximate surface area is 88.7 Å². The summed E-state index contributed by atoms with van der Waals surface area (Å²) in [5.74, 6) is 1.01. The van der Waals surface area contributed by atoms with Gasteiger partial charge in [-0.25, -0.2) is 0 Å². The first-order valence-corrected chi connectivity index (χ1v) is 5.43. The fourth-order valence-electron chi connectivity index (χ4n) is 1.06. The second-order valence-electron chi connectivity index (χ2n) is 5.29. The van der Waals surface area contributed by atoms with Crippen LogP contribution in [0.3, 0.4) is 0 Å². The van der Waals surface area contributed by atoms with Crippen molar-refractivity contribution >= 4 is 5.78 Å². The molecule has 0 saturated carbocycles.